The van der Waals surface area contributed by atoms with E-state index in [1.807, 2.05) is 26.0 Å². The van der Waals surface area contributed by atoms with Crippen molar-refractivity contribution in [1.29, 1.82) is 0 Å². The molecule has 1 aliphatic carbocycles. The summed E-state index contributed by atoms with van der Waals surface area (Å²) in [4.78, 5) is 12.1. The third-order valence-electron chi connectivity index (χ3n) is 3.41. The maximum absolute atomic E-state index is 12.1. The van der Waals surface area contributed by atoms with E-state index in [-0.39, 0.29) is 12.4 Å². The zero-order chi connectivity index (χ0) is 15.6. The number of hydrogen-bond donors (Lipinski definition) is 1. The van der Waals surface area contributed by atoms with Crippen LogP contribution < -0.4 is 5.73 Å². The van der Waals surface area contributed by atoms with E-state index in [4.69, 9.17) is 22.1 Å². The average molecular weight is 420 g/mol. The summed E-state index contributed by atoms with van der Waals surface area (Å²) in [7, 11) is 0. The Morgan fingerprint density at radius 3 is 2.57 bits per heavy atom. The molecule has 1 aromatic carbocycles. The predicted molar refractivity (Wildman–Crippen MR) is 95.4 cm³/mol. The molecule has 0 atom stereocenters. The molecule has 5 heteroatoms. The Balaban J connectivity index is 2.24. The number of nitrogens with two attached hydrogens (primary N) is 1. The number of rotatable bonds is 4. The monoisotopic (exact) mass is 419 g/mol. The first-order valence-electron chi connectivity index (χ1n) is 6.93. The van der Waals surface area contributed by atoms with Gasteiger partial charge in [0.1, 0.15) is 0 Å². The summed E-state index contributed by atoms with van der Waals surface area (Å²) < 4.78 is 4.92. The molecule has 0 radical (unpaired) electrons. The first kappa shape index (κ1) is 16.6. The number of nitrogen functional groups attached to an aromatic ring is 1. The number of ether oxygens (including phenoxy) is 1. The van der Waals surface area contributed by atoms with Crippen LogP contribution in [0.5, 0.6) is 0 Å². The molecule has 21 heavy (non-hydrogen) atoms. The Labute approximate surface area is 144 Å². The number of carbonyl (C=O) groups is 1. The van der Waals surface area contributed by atoms with Crippen molar-refractivity contribution in [2.75, 3.05) is 5.73 Å². The van der Waals surface area contributed by atoms with Crippen molar-refractivity contribution in [2.24, 2.45) is 0 Å². The molecule has 1 saturated carbocycles. The number of allylic oxidation sites excluding steroid dienone is 1. The molecular formula is C16H19ClINO2. The van der Waals surface area contributed by atoms with E-state index in [1.54, 1.807) is 6.07 Å². The number of alkyl halides is 1. The molecule has 1 fully saturated rings. The minimum atomic E-state index is -0.497. The molecule has 3 nitrogen and oxygen atoms in total. The van der Waals surface area contributed by atoms with Gasteiger partial charge in [0.25, 0.3) is 0 Å². The molecule has 0 bridgehead atoms. The molecule has 0 saturated heterocycles. The first-order chi connectivity index (χ1) is 9.76. The van der Waals surface area contributed by atoms with Crippen molar-refractivity contribution in [3.05, 3.63) is 34.4 Å². The zero-order valence-corrected chi connectivity index (χ0v) is 15.1. The average Bonchev–Trinajstić information content (AvgIpc) is 2.27. The van der Waals surface area contributed by atoms with E-state index in [9.17, 15) is 4.79 Å². The van der Waals surface area contributed by atoms with Gasteiger partial charge in [0.05, 0.1) is 17.1 Å². The van der Waals surface area contributed by atoms with Crippen LogP contribution in [0.2, 0.25) is 5.02 Å². The summed E-state index contributed by atoms with van der Waals surface area (Å²) >= 11 is 8.08. The molecule has 1 aromatic rings. The SMILES string of the molecule is CC(C)(I)OC(=O)CC(=C1CCC1)c1ccc(Cl)c(N)c1. The van der Waals surface area contributed by atoms with Crippen LogP contribution in [0.3, 0.4) is 0 Å². The highest BCUT2D eigenvalue weighted by molar-refractivity contribution is 14.1. The van der Waals surface area contributed by atoms with Crippen LogP contribution in [0, 0.1) is 0 Å². The van der Waals surface area contributed by atoms with Crippen molar-refractivity contribution >= 4 is 51.4 Å². The smallest absolute Gasteiger partial charge is 0.311 e. The molecule has 0 amide bonds. The molecular weight excluding hydrogens is 401 g/mol. The number of carbonyl (C=O) groups excluding carboxylic acids is 1. The second kappa shape index (κ2) is 6.57. The van der Waals surface area contributed by atoms with Crippen molar-refractivity contribution < 1.29 is 9.53 Å². The van der Waals surface area contributed by atoms with Gasteiger partial charge in [-0.2, -0.15) is 0 Å². The maximum atomic E-state index is 12.1. The van der Waals surface area contributed by atoms with E-state index >= 15 is 0 Å². The molecule has 2 rings (SSSR count). The van der Waals surface area contributed by atoms with Crippen LogP contribution in [0.4, 0.5) is 5.69 Å². The lowest BCUT2D eigenvalue weighted by atomic mass is 9.84. The number of anilines is 1. The third-order valence-corrected chi connectivity index (χ3v) is 3.97. The highest BCUT2D eigenvalue weighted by Gasteiger charge is 2.23. The van der Waals surface area contributed by atoms with E-state index < -0.39 is 3.61 Å². The Bertz CT molecular complexity index is 584. The highest BCUT2D eigenvalue weighted by Crippen LogP contribution is 2.37. The normalized spacial score (nSPS) is 14.6. The van der Waals surface area contributed by atoms with Gasteiger partial charge in [0, 0.05) is 0 Å². The summed E-state index contributed by atoms with van der Waals surface area (Å²) in [5.41, 5.74) is 9.74. The number of halogens is 2. The fourth-order valence-electron chi connectivity index (χ4n) is 2.27. The predicted octanol–water partition coefficient (Wildman–Crippen LogP) is 4.96. The second-order valence-corrected chi connectivity index (χ2v) is 8.69. The van der Waals surface area contributed by atoms with E-state index in [1.165, 1.54) is 12.0 Å². The van der Waals surface area contributed by atoms with E-state index in [0.717, 1.165) is 24.0 Å². The number of hydrogen-bond acceptors (Lipinski definition) is 3. The van der Waals surface area contributed by atoms with Gasteiger partial charge in [-0.05, 0) is 79.0 Å². The minimum Gasteiger partial charge on any atom is -0.449 e. The molecule has 2 N–H and O–H groups in total. The van der Waals surface area contributed by atoms with Gasteiger partial charge in [-0.25, -0.2) is 0 Å². The van der Waals surface area contributed by atoms with Gasteiger partial charge in [0.2, 0.25) is 0 Å². The van der Waals surface area contributed by atoms with Gasteiger partial charge in [0.15, 0.2) is 3.61 Å². The molecule has 0 heterocycles. The van der Waals surface area contributed by atoms with Crippen LogP contribution in [0.15, 0.2) is 23.8 Å². The van der Waals surface area contributed by atoms with Gasteiger partial charge in [-0.15, -0.1) is 0 Å². The van der Waals surface area contributed by atoms with Crippen molar-refractivity contribution in [3.8, 4) is 0 Å². The van der Waals surface area contributed by atoms with Crippen molar-refractivity contribution in [2.45, 2.75) is 43.1 Å². The lowest BCUT2D eigenvalue weighted by Crippen LogP contribution is -2.21. The van der Waals surface area contributed by atoms with E-state index in [0.29, 0.717) is 10.7 Å². The molecule has 114 valence electrons. The minimum absolute atomic E-state index is 0.211. The standard InChI is InChI=1S/C16H19ClINO2/c1-16(2,18)21-15(20)9-12(10-4-3-5-10)11-6-7-13(17)14(19)8-11/h6-8H,3-5,9,19H2,1-2H3. The van der Waals surface area contributed by atoms with E-state index in [2.05, 4.69) is 22.6 Å². The van der Waals surface area contributed by atoms with Crippen molar-refractivity contribution in [3.63, 3.8) is 0 Å². The van der Waals surface area contributed by atoms with Crippen molar-refractivity contribution in [1.82, 2.24) is 0 Å². The lowest BCUT2D eigenvalue weighted by molar-refractivity contribution is -0.147. The number of esters is 1. The molecule has 0 aliphatic heterocycles. The Morgan fingerprint density at radius 1 is 1.43 bits per heavy atom. The quantitative estimate of drug-likeness (QED) is 0.325. The summed E-state index contributed by atoms with van der Waals surface area (Å²) in [5.74, 6) is -0.211. The second-order valence-electron chi connectivity index (χ2n) is 5.69. The summed E-state index contributed by atoms with van der Waals surface area (Å²) in [6, 6.07) is 5.53. The lowest BCUT2D eigenvalue weighted by Gasteiger charge is -2.24. The van der Waals surface area contributed by atoms with Gasteiger partial charge < -0.3 is 10.5 Å². The highest BCUT2D eigenvalue weighted by atomic mass is 127. The summed E-state index contributed by atoms with van der Waals surface area (Å²) in [6.07, 6.45) is 3.54. The molecule has 0 spiro atoms. The largest absolute Gasteiger partial charge is 0.449 e. The van der Waals surface area contributed by atoms with Gasteiger partial charge >= 0.3 is 5.97 Å². The zero-order valence-electron chi connectivity index (χ0n) is 12.2. The Hall–Kier alpha value is -0.750. The van der Waals surface area contributed by atoms with Crippen LogP contribution in [-0.2, 0) is 9.53 Å². The third kappa shape index (κ3) is 4.61. The molecule has 1 aliphatic rings. The van der Waals surface area contributed by atoms with Crippen LogP contribution in [-0.4, -0.2) is 9.58 Å². The first-order valence-corrected chi connectivity index (χ1v) is 8.39. The van der Waals surface area contributed by atoms with Gasteiger partial charge in [-0.1, -0.05) is 23.2 Å². The Morgan fingerprint density at radius 2 is 2.10 bits per heavy atom. The fraction of sp³-hybridized carbons (Fsp3) is 0.438. The maximum Gasteiger partial charge on any atom is 0.311 e. The Kier molecular flexibility index (Phi) is 5.20. The van der Waals surface area contributed by atoms with Crippen LogP contribution in [0.1, 0.15) is 45.1 Å². The summed E-state index contributed by atoms with van der Waals surface area (Å²) in [5, 5.41) is 0.535. The molecule has 0 unspecified atom stereocenters. The van der Waals surface area contributed by atoms with Crippen LogP contribution in [0.25, 0.3) is 5.57 Å². The fourth-order valence-corrected chi connectivity index (χ4v) is 2.63. The topological polar surface area (TPSA) is 52.3 Å². The molecule has 0 aromatic heterocycles. The van der Waals surface area contributed by atoms with Crippen LogP contribution >= 0.6 is 34.2 Å². The number of benzene rings is 1. The summed E-state index contributed by atoms with van der Waals surface area (Å²) in [6.45, 7) is 3.73. The van der Waals surface area contributed by atoms with Gasteiger partial charge in [-0.3, -0.25) is 4.79 Å².